The molecule has 0 spiro atoms. The van der Waals surface area contributed by atoms with Crippen LogP contribution in [0.1, 0.15) is 35.3 Å². The first-order valence-electron chi connectivity index (χ1n) is 11.2. The number of rotatable bonds is 8. The maximum atomic E-state index is 13.3. The quantitative estimate of drug-likeness (QED) is 0.331. The number of hydrogen-bond acceptors (Lipinski definition) is 6. The van der Waals surface area contributed by atoms with Gasteiger partial charge in [0.2, 0.25) is 10.0 Å². The van der Waals surface area contributed by atoms with Crippen molar-refractivity contribution in [3.8, 4) is 17.3 Å². The summed E-state index contributed by atoms with van der Waals surface area (Å²) < 4.78 is 28.1. The van der Waals surface area contributed by atoms with E-state index in [0.29, 0.717) is 22.0 Å². The van der Waals surface area contributed by atoms with Crippen LogP contribution in [0, 0.1) is 11.3 Å². The Labute approximate surface area is 214 Å². The van der Waals surface area contributed by atoms with Crippen molar-refractivity contribution in [1.82, 2.24) is 9.29 Å². The predicted octanol–water partition coefficient (Wildman–Crippen LogP) is 5.53. The molecule has 0 saturated carbocycles. The molecule has 1 aromatic heterocycles. The van der Waals surface area contributed by atoms with Gasteiger partial charge in [-0.2, -0.15) is 9.57 Å². The molecule has 0 saturated heterocycles. The highest BCUT2D eigenvalue weighted by Crippen LogP contribution is 2.26. The molecular weight excluding hydrogens is 492 g/mol. The number of sulfonamides is 1. The monoisotopic (exact) mass is 516 g/mol. The molecule has 3 aromatic carbocycles. The number of carbonyl (C=O) groups excluding carboxylic acids is 1. The lowest BCUT2D eigenvalue weighted by Gasteiger charge is -2.26. The number of amides is 1. The third-order valence-corrected chi connectivity index (χ3v) is 8.31. The summed E-state index contributed by atoms with van der Waals surface area (Å²) >= 11 is 1.28. The molecule has 7 nitrogen and oxygen atoms in total. The minimum absolute atomic E-state index is 0.126. The zero-order valence-electron chi connectivity index (χ0n) is 19.8. The van der Waals surface area contributed by atoms with Gasteiger partial charge in [0.05, 0.1) is 22.2 Å². The average molecular weight is 517 g/mol. The lowest BCUT2D eigenvalue weighted by atomic mass is 10.1. The van der Waals surface area contributed by atoms with E-state index in [0.717, 1.165) is 11.1 Å². The SMILES string of the molecule is CC(C)N(Cc1ccccc1)S(=O)(=O)c1ccc(C(=O)Nc2nc(-c3ccc(C#N)cc3)cs2)cc1. The third-order valence-electron chi connectivity index (χ3n) is 5.51. The van der Waals surface area contributed by atoms with Crippen LogP contribution in [0.2, 0.25) is 0 Å². The average Bonchev–Trinajstić information content (AvgIpc) is 3.36. The first-order chi connectivity index (χ1) is 17.3. The molecule has 4 rings (SSSR count). The molecule has 0 radical (unpaired) electrons. The second-order valence-corrected chi connectivity index (χ2v) is 11.1. The van der Waals surface area contributed by atoms with Gasteiger partial charge >= 0.3 is 0 Å². The van der Waals surface area contributed by atoms with Gasteiger partial charge in [0.1, 0.15) is 0 Å². The van der Waals surface area contributed by atoms with E-state index < -0.39 is 10.0 Å². The van der Waals surface area contributed by atoms with Crippen LogP contribution in [-0.2, 0) is 16.6 Å². The van der Waals surface area contributed by atoms with E-state index in [1.54, 1.807) is 24.3 Å². The topological polar surface area (TPSA) is 103 Å². The van der Waals surface area contributed by atoms with Crippen molar-refractivity contribution < 1.29 is 13.2 Å². The van der Waals surface area contributed by atoms with Gasteiger partial charge in [-0.15, -0.1) is 11.3 Å². The second-order valence-electron chi connectivity index (χ2n) is 8.34. The Morgan fingerprint density at radius 2 is 1.69 bits per heavy atom. The van der Waals surface area contributed by atoms with Gasteiger partial charge in [-0.3, -0.25) is 10.1 Å². The summed E-state index contributed by atoms with van der Waals surface area (Å²) in [5.41, 5.74) is 3.31. The van der Waals surface area contributed by atoms with Crippen LogP contribution < -0.4 is 5.32 Å². The molecule has 0 bridgehead atoms. The number of nitrogens with one attached hydrogen (secondary N) is 1. The summed E-state index contributed by atoms with van der Waals surface area (Å²) in [6, 6.07) is 24.2. The van der Waals surface area contributed by atoms with Crippen molar-refractivity contribution in [1.29, 1.82) is 5.26 Å². The van der Waals surface area contributed by atoms with Crippen molar-refractivity contribution in [3.05, 3.63) is 101 Å². The van der Waals surface area contributed by atoms with E-state index in [4.69, 9.17) is 5.26 Å². The molecule has 0 unspecified atom stereocenters. The maximum Gasteiger partial charge on any atom is 0.257 e. The van der Waals surface area contributed by atoms with Crippen LogP contribution in [0.4, 0.5) is 5.13 Å². The summed E-state index contributed by atoms with van der Waals surface area (Å²) in [5.74, 6) is -0.385. The Hall–Kier alpha value is -3.84. The first kappa shape index (κ1) is 25.3. The van der Waals surface area contributed by atoms with Crippen LogP contribution in [-0.4, -0.2) is 29.7 Å². The van der Waals surface area contributed by atoms with Gasteiger partial charge in [0.15, 0.2) is 5.13 Å². The highest BCUT2D eigenvalue weighted by atomic mass is 32.2. The minimum Gasteiger partial charge on any atom is -0.298 e. The van der Waals surface area contributed by atoms with Crippen LogP contribution in [0.3, 0.4) is 0 Å². The number of carbonyl (C=O) groups is 1. The fourth-order valence-electron chi connectivity index (χ4n) is 3.57. The number of anilines is 1. The molecule has 1 heterocycles. The van der Waals surface area contributed by atoms with Crippen molar-refractivity contribution >= 4 is 32.4 Å². The minimum atomic E-state index is -3.76. The smallest absolute Gasteiger partial charge is 0.257 e. The van der Waals surface area contributed by atoms with Gasteiger partial charge < -0.3 is 0 Å². The Balaban J connectivity index is 1.47. The first-order valence-corrected chi connectivity index (χ1v) is 13.5. The van der Waals surface area contributed by atoms with E-state index in [9.17, 15) is 13.2 Å². The molecule has 0 aliphatic carbocycles. The van der Waals surface area contributed by atoms with Crippen LogP contribution >= 0.6 is 11.3 Å². The van der Waals surface area contributed by atoms with Gasteiger partial charge in [-0.1, -0.05) is 42.5 Å². The molecule has 4 aromatic rings. The van der Waals surface area contributed by atoms with Gasteiger partial charge in [-0.05, 0) is 55.8 Å². The normalized spacial score (nSPS) is 11.4. The number of aromatic nitrogens is 1. The number of hydrogen-bond donors (Lipinski definition) is 1. The number of nitriles is 1. The lowest BCUT2D eigenvalue weighted by molar-refractivity contribution is 0.102. The molecule has 1 N–H and O–H groups in total. The molecule has 0 aliphatic rings. The Bertz CT molecular complexity index is 1490. The number of thiazole rings is 1. The Morgan fingerprint density at radius 1 is 1.03 bits per heavy atom. The molecule has 0 aliphatic heterocycles. The fraction of sp³-hybridized carbons (Fsp3) is 0.148. The zero-order valence-corrected chi connectivity index (χ0v) is 21.4. The standard InChI is InChI=1S/C27H24N4O3S2/c1-19(2)31(17-21-6-4-3-5-7-21)36(33,34)24-14-12-23(13-15-24)26(32)30-27-29-25(18-35-27)22-10-8-20(16-28)9-11-22/h3-15,18-19H,17H2,1-2H3,(H,29,30,32). The number of benzene rings is 3. The van der Waals surface area contributed by atoms with Gasteiger partial charge in [0.25, 0.3) is 5.91 Å². The van der Waals surface area contributed by atoms with Crippen LogP contribution in [0.15, 0.2) is 89.1 Å². The molecule has 0 fully saturated rings. The fourth-order valence-corrected chi connectivity index (χ4v) is 5.91. The van der Waals surface area contributed by atoms with Crippen molar-refractivity contribution in [2.75, 3.05) is 5.32 Å². The number of nitrogens with zero attached hydrogens (tertiary/aromatic N) is 3. The highest BCUT2D eigenvalue weighted by molar-refractivity contribution is 7.89. The van der Waals surface area contributed by atoms with Crippen molar-refractivity contribution in [2.45, 2.75) is 31.3 Å². The summed E-state index contributed by atoms with van der Waals surface area (Å²) in [7, 11) is -3.76. The molecular formula is C27H24N4O3S2. The molecule has 182 valence electrons. The van der Waals surface area contributed by atoms with Crippen molar-refractivity contribution in [2.24, 2.45) is 0 Å². The maximum absolute atomic E-state index is 13.3. The summed E-state index contributed by atoms with van der Waals surface area (Å²) in [4.78, 5) is 17.3. The van der Waals surface area contributed by atoms with Crippen LogP contribution in [0.5, 0.6) is 0 Å². The second kappa shape index (κ2) is 10.8. The zero-order chi connectivity index (χ0) is 25.7. The lowest BCUT2D eigenvalue weighted by Crippen LogP contribution is -2.36. The Kier molecular flexibility index (Phi) is 7.60. The molecule has 9 heteroatoms. The summed E-state index contributed by atoms with van der Waals surface area (Å²) in [6.45, 7) is 3.93. The van der Waals surface area contributed by atoms with E-state index >= 15 is 0 Å². The largest absolute Gasteiger partial charge is 0.298 e. The Morgan fingerprint density at radius 3 is 2.31 bits per heavy atom. The predicted molar refractivity (Wildman–Crippen MR) is 141 cm³/mol. The van der Waals surface area contributed by atoms with E-state index in [2.05, 4.69) is 16.4 Å². The van der Waals surface area contributed by atoms with Crippen LogP contribution in [0.25, 0.3) is 11.3 Å². The highest BCUT2D eigenvalue weighted by Gasteiger charge is 2.27. The van der Waals surface area contributed by atoms with Gasteiger partial charge in [0, 0.05) is 29.1 Å². The third kappa shape index (κ3) is 5.69. The summed E-state index contributed by atoms with van der Waals surface area (Å²) in [5, 5.41) is 13.9. The molecule has 0 atom stereocenters. The van der Waals surface area contributed by atoms with E-state index in [1.807, 2.05) is 49.6 Å². The van der Waals surface area contributed by atoms with E-state index in [1.165, 1.54) is 39.9 Å². The summed E-state index contributed by atoms with van der Waals surface area (Å²) in [6.07, 6.45) is 0. The van der Waals surface area contributed by atoms with E-state index in [-0.39, 0.29) is 23.4 Å². The molecule has 1 amide bonds. The van der Waals surface area contributed by atoms with Gasteiger partial charge in [-0.25, -0.2) is 13.4 Å². The van der Waals surface area contributed by atoms with Crippen molar-refractivity contribution in [3.63, 3.8) is 0 Å². The molecule has 36 heavy (non-hydrogen) atoms.